The predicted octanol–water partition coefficient (Wildman–Crippen LogP) is 7.49. The van der Waals surface area contributed by atoms with Gasteiger partial charge in [-0.3, -0.25) is 14.4 Å². The van der Waals surface area contributed by atoms with Crippen molar-refractivity contribution in [2.75, 3.05) is 32.7 Å². The van der Waals surface area contributed by atoms with Crippen LogP contribution in [0.3, 0.4) is 0 Å². The van der Waals surface area contributed by atoms with Gasteiger partial charge in [0.2, 0.25) is 0 Å². The molecule has 0 aliphatic carbocycles. The largest absolute Gasteiger partial charge is 0.480 e. The number of carbonyl (C=O) groups is 1. The van der Waals surface area contributed by atoms with Crippen LogP contribution in [0.25, 0.3) is 0 Å². The third kappa shape index (κ3) is 7.89. The lowest BCUT2D eigenvalue weighted by Gasteiger charge is -2.35. The van der Waals surface area contributed by atoms with Crippen molar-refractivity contribution in [3.05, 3.63) is 88.2 Å². The Kier molecular flexibility index (Phi) is 10.6. The Bertz CT molecular complexity index is 1410. The van der Waals surface area contributed by atoms with E-state index in [2.05, 4.69) is 118 Å². The third-order valence-corrected chi connectivity index (χ3v) is 10.6. The van der Waals surface area contributed by atoms with Gasteiger partial charge in [-0.2, -0.15) is 5.10 Å². The molecule has 0 spiro atoms. The Morgan fingerprint density at radius 2 is 1.73 bits per heavy atom. The summed E-state index contributed by atoms with van der Waals surface area (Å²) >= 11 is 0. The molecule has 244 valence electrons. The van der Waals surface area contributed by atoms with Crippen molar-refractivity contribution < 1.29 is 9.90 Å². The maximum absolute atomic E-state index is 12.4. The number of benzene rings is 2. The lowest BCUT2D eigenvalue weighted by atomic mass is 9.86. The molecule has 6 nitrogen and oxygen atoms in total. The van der Waals surface area contributed by atoms with Gasteiger partial charge in [0.15, 0.2) is 0 Å². The van der Waals surface area contributed by atoms with E-state index in [9.17, 15) is 9.90 Å². The highest BCUT2D eigenvalue weighted by molar-refractivity contribution is 5.74. The number of aliphatic carboxylic acids is 1. The van der Waals surface area contributed by atoms with E-state index in [1.54, 1.807) is 0 Å². The number of hydrogen-bond acceptors (Lipinski definition) is 4. The molecule has 0 bridgehead atoms. The van der Waals surface area contributed by atoms with Crippen LogP contribution < -0.4 is 0 Å². The van der Waals surface area contributed by atoms with Crippen molar-refractivity contribution in [1.82, 2.24) is 19.6 Å². The van der Waals surface area contributed by atoms with Crippen LogP contribution in [0, 0.1) is 18.8 Å². The maximum atomic E-state index is 12.4. The first-order valence-corrected chi connectivity index (χ1v) is 17.4. The normalized spacial score (nSPS) is 21.7. The second-order valence-corrected chi connectivity index (χ2v) is 15.0. The second-order valence-electron chi connectivity index (χ2n) is 15.0. The molecule has 2 saturated heterocycles. The monoisotopic (exact) mass is 612 g/mol. The molecule has 1 aromatic heterocycles. The number of likely N-dealkylation sites (tertiary alicyclic amines) is 2. The van der Waals surface area contributed by atoms with Crippen molar-refractivity contribution in [3.8, 4) is 0 Å². The highest BCUT2D eigenvalue weighted by atomic mass is 16.4. The molecule has 2 aromatic carbocycles. The minimum absolute atomic E-state index is 0.131. The van der Waals surface area contributed by atoms with Gasteiger partial charge in [-0.05, 0) is 79.8 Å². The fourth-order valence-electron chi connectivity index (χ4n) is 7.81. The average Bonchev–Trinajstić information content (AvgIpc) is 3.61. The van der Waals surface area contributed by atoms with E-state index in [4.69, 9.17) is 5.10 Å². The average molecular weight is 613 g/mol. The van der Waals surface area contributed by atoms with Gasteiger partial charge in [0.1, 0.15) is 6.04 Å². The van der Waals surface area contributed by atoms with Crippen molar-refractivity contribution >= 4 is 5.97 Å². The zero-order valence-corrected chi connectivity index (χ0v) is 28.8. The van der Waals surface area contributed by atoms with Gasteiger partial charge in [0.05, 0.1) is 5.69 Å². The van der Waals surface area contributed by atoms with Crippen LogP contribution in [0.15, 0.2) is 54.6 Å². The minimum Gasteiger partial charge on any atom is -0.480 e. The lowest BCUT2D eigenvalue weighted by molar-refractivity contribution is -0.145. The zero-order valence-electron chi connectivity index (χ0n) is 28.8. The summed E-state index contributed by atoms with van der Waals surface area (Å²) in [4.78, 5) is 17.3. The van der Waals surface area contributed by atoms with Gasteiger partial charge >= 0.3 is 5.97 Å². The molecule has 0 amide bonds. The van der Waals surface area contributed by atoms with Crippen LogP contribution in [0.5, 0.6) is 0 Å². The highest BCUT2D eigenvalue weighted by Gasteiger charge is 2.42. The Labute approximate surface area is 271 Å². The first kappa shape index (κ1) is 33.4. The van der Waals surface area contributed by atoms with Gasteiger partial charge in [0, 0.05) is 50.1 Å². The molecule has 2 aliphatic rings. The van der Waals surface area contributed by atoms with Gasteiger partial charge in [0.25, 0.3) is 0 Å². The summed E-state index contributed by atoms with van der Waals surface area (Å²) in [5, 5.41) is 15.2. The molecule has 0 radical (unpaired) electrons. The molecule has 6 heteroatoms. The number of aryl methyl sites for hydroxylation is 2. The van der Waals surface area contributed by atoms with Gasteiger partial charge in [-0.15, -0.1) is 0 Å². The fourth-order valence-corrected chi connectivity index (χ4v) is 7.81. The van der Waals surface area contributed by atoms with Crippen LogP contribution >= 0.6 is 0 Å². The van der Waals surface area contributed by atoms with Crippen LogP contribution in [0.2, 0.25) is 0 Å². The maximum Gasteiger partial charge on any atom is 0.321 e. The van der Waals surface area contributed by atoms with Crippen LogP contribution in [0.4, 0.5) is 0 Å². The predicted molar refractivity (Wildman–Crippen MR) is 184 cm³/mol. The molecular weight excluding hydrogens is 556 g/mol. The number of carboxylic acid groups (broad SMARTS) is 1. The van der Waals surface area contributed by atoms with E-state index in [1.807, 2.05) is 0 Å². The molecule has 0 saturated carbocycles. The summed E-state index contributed by atoms with van der Waals surface area (Å²) < 4.78 is 2.24. The van der Waals surface area contributed by atoms with Crippen LogP contribution in [0.1, 0.15) is 106 Å². The number of aromatic nitrogens is 2. The Hall–Kier alpha value is -2.96. The van der Waals surface area contributed by atoms with Gasteiger partial charge in [-0.25, -0.2) is 0 Å². The molecule has 0 unspecified atom stereocenters. The van der Waals surface area contributed by atoms with Crippen LogP contribution in [-0.2, 0) is 23.2 Å². The summed E-state index contributed by atoms with van der Waals surface area (Å²) in [6.45, 7) is 21.1. The summed E-state index contributed by atoms with van der Waals surface area (Å²) in [6, 6.07) is 19.9. The Morgan fingerprint density at radius 1 is 1.02 bits per heavy atom. The van der Waals surface area contributed by atoms with Crippen molar-refractivity contribution in [3.63, 3.8) is 0 Å². The standard InChI is InChI=1S/C39H56N4O2/c1-8-28(4)37(38(44)45)42-25-32(35(26-42)31-12-10-11-27(3)21-31)24-41-19-17-30(18-20-41)36-23-34(40-43(36)9-2)22-29-13-15-33(16-14-29)39(5,6)7/h10-16,21,23,28,30,32,35,37H,8-9,17-20,22,24-26H2,1-7H3,(H,44,45)/t28-,32-,35+,37+/m0/s1. The van der Waals surface area contributed by atoms with Gasteiger partial charge in [-0.1, -0.05) is 95.1 Å². The number of carboxylic acids is 1. The van der Waals surface area contributed by atoms with Crippen molar-refractivity contribution in [2.24, 2.45) is 11.8 Å². The molecule has 4 atom stereocenters. The molecule has 1 N–H and O–H groups in total. The van der Waals surface area contributed by atoms with Crippen molar-refractivity contribution in [1.29, 1.82) is 0 Å². The number of nitrogens with zero attached hydrogens (tertiary/aromatic N) is 4. The number of rotatable bonds is 11. The first-order valence-electron chi connectivity index (χ1n) is 17.4. The van der Waals surface area contributed by atoms with E-state index in [-0.39, 0.29) is 11.3 Å². The Balaban J connectivity index is 1.25. The second kappa shape index (κ2) is 14.2. The third-order valence-electron chi connectivity index (χ3n) is 10.6. The molecule has 45 heavy (non-hydrogen) atoms. The first-order chi connectivity index (χ1) is 21.5. The van der Waals surface area contributed by atoms with Crippen molar-refractivity contribution in [2.45, 2.75) is 104 Å². The summed E-state index contributed by atoms with van der Waals surface area (Å²) in [7, 11) is 0. The molecule has 2 fully saturated rings. The molecule has 3 aromatic rings. The minimum atomic E-state index is -0.678. The number of piperidine rings is 1. The SMILES string of the molecule is CC[C@H](C)[C@H](C(=O)O)N1C[C@H](CN2CCC(c3cc(Cc4ccc(C(C)(C)C)cc4)nn3CC)CC2)[C@@H](c2cccc(C)c2)C1. The van der Waals surface area contributed by atoms with E-state index in [0.717, 1.165) is 65.0 Å². The van der Waals surface area contributed by atoms with Crippen LogP contribution in [-0.4, -0.2) is 69.4 Å². The lowest BCUT2D eigenvalue weighted by Crippen LogP contribution is -2.45. The molecular formula is C39H56N4O2. The topological polar surface area (TPSA) is 61.6 Å². The van der Waals surface area contributed by atoms with E-state index in [0.29, 0.717) is 17.8 Å². The zero-order chi connectivity index (χ0) is 32.3. The molecule has 3 heterocycles. The van der Waals surface area contributed by atoms with Gasteiger partial charge < -0.3 is 10.0 Å². The highest BCUT2D eigenvalue weighted by Crippen LogP contribution is 2.38. The number of hydrogen-bond donors (Lipinski definition) is 1. The summed E-state index contributed by atoms with van der Waals surface area (Å²) in [6.07, 6.45) is 4.03. The van der Waals surface area contributed by atoms with E-state index >= 15 is 0 Å². The Morgan fingerprint density at radius 3 is 2.33 bits per heavy atom. The molecule has 5 rings (SSSR count). The summed E-state index contributed by atoms with van der Waals surface area (Å²) in [5.74, 6) is 0.760. The quantitative estimate of drug-likeness (QED) is 0.243. The summed E-state index contributed by atoms with van der Waals surface area (Å²) in [5.41, 5.74) is 8.04. The van der Waals surface area contributed by atoms with E-state index in [1.165, 1.54) is 33.6 Å². The smallest absolute Gasteiger partial charge is 0.321 e. The fraction of sp³-hybridized carbons (Fsp3) is 0.590. The van der Waals surface area contributed by atoms with E-state index < -0.39 is 12.0 Å². The molecule has 2 aliphatic heterocycles.